The summed E-state index contributed by atoms with van der Waals surface area (Å²) in [5.41, 5.74) is 0.709. The maximum atomic E-state index is 12.6. The summed E-state index contributed by atoms with van der Waals surface area (Å²) < 4.78 is 7.08. The van der Waals surface area contributed by atoms with Crippen molar-refractivity contribution in [3.63, 3.8) is 0 Å². The van der Waals surface area contributed by atoms with Crippen LogP contribution in [-0.2, 0) is 22.5 Å². The number of esters is 1. The van der Waals surface area contributed by atoms with Crippen LogP contribution < -0.4 is 10.9 Å². The van der Waals surface area contributed by atoms with Gasteiger partial charge < -0.3 is 10.1 Å². The van der Waals surface area contributed by atoms with E-state index in [4.69, 9.17) is 4.74 Å². The number of aryl methyl sites for hydroxylation is 1. The second-order valence-electron chi connectivity index (χ2n) is 8.24. The quantitative estimate of drug-likeness (QED) is 0.801. The van der Waals surface area contributed by atoms with Gasteiger partial charge >= 0.3 is 5.97 Å². The Morgan fingerprint density at radius 2 is 2.03 bits per heavy atom. The van der Waals surface area contributed by atoms with Crippen LogP contribution in [-0.4, -0.2) is 33.6 Å². The van der Waals surface area contributed by atoms with Gasteiger partial charge in [0.1, 0.15) is 5.82 Å². The van der Waals surface area contributed by atoms with Gasteiger partial charge in [-0.15, -0.1) is 0 Å². The van der Waals surface area contributed by atoms with Crippen molar-refractivity contribution in [3.8, 4) is 0 Å². The minimum absolute atomic E-state index is 0.0724. The molecule has 0 radical (unpaired) electrons. The van der Waals surface area contributed by atoms with Crippen LogP contribution >= 0.6 is 0 Å². The summed E-state index contributed by atoms with van der Waals surface area (Å²) in [5.74, 6) is 0.325. The summed E-state index contributed by atoms with van der Waals surface area (Å²) in [6, 6.07) is 4.88. The largest absolute Gasteiger partial charge is 0.449 e. The van der Waals surface area contributed by atoms with Crippen LogP contribution in [0, 0.1) is 5.92 Å². The Morgan fingerprint density at radius 3 is 2.83 bits per heavy atom. The molecule has 154 valence electrons. The highest BCUT2D eigenvalue weighted by molar-refractivity contribution is 5.95. The van der Waals surface area contributed by atoms with Crippen LogP contribution in [0.4, 0.5) is 0 Å². The van der Waals surface area contributed by atoms with Crippen molar-refractivity contribution in [2.75, 3.05) is 0 Å². The molecule has 1 aromatic carbocycles. The standard InChI is InChI=1S/C22H27N3O4/c1-13-6-3-4-7-17(13)24-20(26)14(2)29-22(28)15-9-10-16-18(12-15)23-19-8-5-11-25(19)21(16)27/h9-10,12-14,17H,3-8,11H2,1-2H3,(H,24,26)/t13-,14+,17+/m0/s1. The summed E-state index contributed by atoms with van der Waals surface area (Å²) in [7, 11) is 0. The van der Waals surface area contributed by atoms with E-state index in [2.05, 4.69) is 17.2 Å². The predicted octanol–water partition coefficient (Wildman–Crippen LogP) is 2.58. The minimum atomic E-state index is -0.883. The first-order chi connectivity index (χ1) is 13.9. The highest BCUT2D eigenvalue weighted by atomic mass is 16.5. The van der Waals surface area contributed by atoms with E-state index < -0.39 is 12.1 Å². The number of carbonyl (C=O) groups is 2. The fourth-order valence-corrected chi connectivity index (χ4v) is 4.32. The summed E-state index contributed by atoms with van der Waals surface area (Å²) in [5, 5.41) is 3.51. The van der Waals surface area contributed by atoms with Crippen LogP contribution in [0.25, 0.3) is 10.9 Å². The second kappa shape index (κ2) is 7.97. The fraction of sp³-hybridized carbons (Fsp3) is 0.545. The summed E-state index contributed by atoms with van der Waals surface area (Å²) in [6.45, 7) is 4.41. The number of amides is 1. The molecule has 0 saturated heterocycles. The number of fused-ring (bicyclic) bond motifs is 2. The van der Waals surface area contributed by atoms with Gasteiger partial charge in [-0.25, -0.2) is 9.78 Å². The second-order valence-corrected chi connectivity index (χ2v) is 8.24. The van der Waals surface area contributed by atoms with Crippen molar-refractivity contribution in [1.29, 1.82) is 0 Å². The lowest BCUT2D eigenvalue weighted by molar-refractivity contribution is -0.130. The topological polar surface area (TPSA) is 90.3 Å². The third-order valence-electron chi connectivity index (χ3n) is 6.14. The van der Waals surface area contributed by atoms with E-state index >= 15 is 0 Å². The number of hydrogen-bond acceptors (Lipinski definition) is 5. The molecular weight excluding hydrogens is 370 g/mol. The number of aromatic nitrogens is 2. The molecule has 0 unspecified atom stereocenters. The molecule has 2 heterocycles. The molecule has 0 bridgehead atoms. The Bertz CT molecular complexity index is 1010. The van der Waals surface area contributed by atoms with E-state index in [0.717, 1.165) is 37.9 Å². The van der Waals surface area contributed by atoms with Crippen LogP contribution in [0.15, 0.2) is 23.0 Å². The van der Waals surface area contributed by atoms with Crippen molar-refractivity contribution < 1.29 is 14.3 Å². The minimum Gasteiger partial charge on any atom is -0.449 e. The number of benzene rings is 1. The van der Waals surface area contributed by atoms with Crippen molar-refractivity contribution in [2.24, 2.45) is 5.92 Å². The Morgan fingerprint density at radius 1 is 1.24 bits per heavy atom. The summed E-state index contributed by atoms with van der Waals surface area (Å²) in [4.78, 5) is 42.1. The Labute approximate surface area is 169 Å². The van der Waals surface area contributed by atoms with E-state index in [1.807, 2.05) is 0 Å². The van der Waals surface area contributed by atoms with Crippen LogP contribution in [0.2, 0.25) is 0 Å². The highest BCUT2D eigenvalue weighted by Gasteiger charge is 2.27. The van der Waals surface area contributed by atoms with Gasteiger partial charge in [-0.2, -0.15) is 0 Å². The molecule has 7 heteroatoms. The predicted molar refractivity (Wildman–Crippen MR) is 109 cm³/mol. The fourth-order valence-electron chi connectivity index (χ4n) is 4.32. The van der Waals surface area contributed by atoms with Gasteiger partial charge in [-0.05, 0) is 50.3 Å². The maximum absolute atomic E-state index is 12.6. The van der Waals surface area contributed by atoms with Gasteiger partial charge in [0.2, 0.25) is 0 Å². The molecule has 3 atom stereocenters. The van der Waals surface area contributed by atoms with Crippen LogP contribution in [0.5, 0.6) is 0 Å². The van der Waals surface area contributed by atoms with Gasteiger partial charge in [0.15, 0.2) is 6.10 Å². The molecule has 7 nitrogen and oxygen atoms in total. The molecule has 2 aliphatic rings. The van der Waals surface area contributed by atoms with Crippen molar-refractivity contribution in [1.82, 2.24) is 14.9 Å². The first-order valence-electron chi connectivity index (χ1n) is 10.5. The van der Waals surface area contributed by atoms with E-state index in [1.54, 1.807) is 29.7 Å². The van der Waals surface area contributed by atoms with Gasteiger partial charge in [-0.3, -0.25) is 14.2 Å². The van der Waals surface area contributed by atoms with Gasteiger partial charge in [0.05, 0.1) is 16.5 Å². The molecule has 1 amide bonds. The van der Waals surface area contributed by atoms with Gasteiger partial charge in [-0.1, -0.05) is 19.8 Å². The zero-order valence-electron chi connectivity index (χ0n) is 16.9. The van der Waals surface area contributed by atoms with E-state index in [-0.39, 0.29) is 23.1 Å². The lowest BCUT2D eigenvalue weighted by Crippen LogP contribution is -2.45. The van der Waals surface area contributed by atoms with Crippen molar-refractivity contribution >= 4 is 22.8 Å². The maximum Gasteiger partial charge on any atom is 0.338 e. The zero-order chi connectivity index (χ0) is 20.5. The lowest BCUT2D eigenvalue weighted by Gasteiger charge is -2.30. The molecule has 29 heavy (non-hydrogen) atoms. The monoisotopic (exact) mass is 397 g/mol. The number of hydrogen-bond donors (Lipinski definition) is 1. The first-order valence-corrected chi connectivity index (χ1v) is 10.5. The Kier molecular flexibility index (Phi) is 5.39. The Balaban J connectivity index is 1.46. The Hall–Kier alpha value is -2.70. The molecule has 1 saturated carbocycles. The van der Waals surface area contributed by atoms with Crippen LogP contribution in [0.1, 0.15) is 62.1 Å². The third-order valence-corrected chi connectivity index (χ3v) is 6.14. The average Bonchev–Trinajstić information content (AvgIpc) is 3.18. The number of nitrogens with one attached hydrogen (secondary N) is 1. The molecule has 1 aliphatic carbocycles. The number of carbonyl (C=O) groups excluding carboxylic acids is 2. The molecule has 1 N–H and O–H groups in total. The zero-order valence-corrected chi connectivity index (χ0v) is 16.9. The summed E-state index contributed by atoms with van der Waals surface area (Å²) in [6.07, 6.45) is 5.15. The lowest BCUT2D eigenvalue weighted by atomic mass is 9.86. The smallest absolute Gasteiger partial charge is 0.338 e. The SMILES string of the molecule is C[C@@H](OC(=O)c1ccc2c(=O)n3c(nc2c1)CCC3)C(=O)N[C@@H]1CCCC[C@@H]1C. The number of rotatable bonds is 4. The highest BCUT2D eigenvalue weighted by Crippen LogP contribution is 2.24. The van der Waals surface area contributed by atoms with Crippen molar-refractivity contribution in [3.05, 3.63) is 39.9 Å². The summed E-state index contributed by atoms with van der Waals surface area (Å²) >= 11 is 0. The molecule has 0 spiro atoms. The van der Waals surface area contributed by atoms with E-state index in [1.165, 1.54) is 6.42 Å². The van der Waals surface area contributed by atoms with Gasteiger partial charge in [0, 0.05) is 19.0 Å². The van der Waals surface area contributed by atoms with Crippen molar-refractivity contribution in [2.45, 2.75) is 71.1 Å². The van der Waals surface area contributed by atoms with Gasteiger partial charge in [0.25, 0.3) is 11.5 Å². The van der Waals surface area contributed by atoms with E-state index in [0.29, 0.717) is 23.4 Å². The number of ether oxygens (including phenoxy) is 1. The molecule has 1 fully saturated rings. The molecule has 2 aromatic rings. The van der Waals surface area contributed by atoms with Crippen LogP contribution in [0.3, 0.4) is 0 Å². The molecule has 1 aliphatic heterocycles. The van der Waals surface area contributed by atoms with E-state index in [9.17, 15) is 14.4 Å². The average molecular weight is 397 g/mol. The first kappa shape index (κ1) is 19.6. The molecule has 1 aromatic heterocycles. The number of nitrogens with zero attached hydrogens (tertiary/aromatic N) is 2. The normalized spacial score (nSPS) is 22.1. The molecule has 4 rings (SSSR count). The third kappa shape index (κ3) is 3.91. The molecular formula is C22H27N3O4.